The Morgan fingerprint density at radius 1 is 1.42 bits per heavy atom. The summed E-state index contributed by atoms with van der Waals surface area (Å²) >= 11 is 0. The number of carbonyl (C=O) groups excluding carboxylic acids is 1. The van der Waals surface area contributed by atoms with Gasteiger partial charge < -0.3 is 20.7 Å². The summed E-state index contributed by atoms with van der Waals surface area (Å²) in [5.74, 6) is 0.630. The number of ether oxygens (including phenoxy) is 1. The molecule has 0 radical (unpaired) electrons. The molecule has 5 nitrogen and oxygen atoms in total. The molecule has 0 aromatic rings. The number of hydrogen-bond acceptors (Lipinski definition) is 4. The lowest BCUT2D eigenvalue weighted by molar-refractivity contribution is -0.123. The Kier molecular flexibility index (Phi) is 13.1. The smallest absolute Gasteiger partial charge is 0.239 e. The number of rotatable bonds is 6. The molecule has 0 spiro atoms. The van der Waals surface area contributed by atoms with Gasteiger partial charge in [-0.1, -0.05) is 0 Å². The van der Waals surface area contributed by atoms with Gasteiger partial charge in [0.1, 0.15) is 6.04 Å². The summed E-state index contributed by atoms with van der Waals surface area (Å²) in [7, 11) is 3.70. The fourth-order valence-corrected chi connectivity index (χ4v) is 2.14. The van der Waals surface area contributed by atoms with Crippen LogP contribution in [0, 0.1) is 5.92 Å². The Morgan fingerprint density at radius 2 is 2.00 bits per heavy atom. The van der Waals surface area contributed by atoms with Crippen LogP contribution >= 0.6 is 24.8 Å². The van der Waals surface area contributed by atoms with Gasteiger partial charge in [-0.25, -0.2) is 0 Å². The summed E-state index contributed by atoms with van der Waals surface area (Å²) in [6, 6.07) is -0.544. The summed E-state index contributed by atoms with van der Waals surface area (Å²) in [6.45, 7) is 3.34. The zero-order chi connectivity index (χ0) is 12.7. The third kappa shape index (κ3) is 8.65. The van der Waals surface area contributed by atoms with Gasteiger partial charge in [-0.3, -0.25) is 4.79 Å². The first kappa shape index (κ1) is 21.2. The van der Waals surface area contributed by atoms with E-state index in [4.69, 9.17) is 10.5 Å². The molecule has 1 amide bonds. The average Bonchev–Trinajstić information content (AvgIpc) is 2.32. The molecular formula is C12H27Cl2N3O2. The highest BCUT2D eigenvalue weighted by molar-refractivity contribution is 5.85. The minimum Gasteiger partial charge on any atom is -0.383 e. The maximum absolute atomic E-state index is 11.5. The van der Waals surface area contributed by atoms with Crippen LogP contribution in [0.4, 0.5) is 0 Å². The van der Waals surface area contributed by atoms with Crippen LogP contribution in [0.5, 0.6) is 0 Å². The van der Waals surface area contributed by atoms with E-state index in [1.807, 2.05) is 0 Å². The minimum atomic E-state index is -0.544. The number of nitrogens with one attached hydrogen (secondary N) is 1. The molecule has 1 rings (SSSR count). The Morgan fingerprint density at radius 3 is 2.53 bits per heavy atom. The lowest BCUT2D eigenvalue weighted by Gasteiger charge is -2.28. The molecule has 1 unspecified atom stereocenters. The highest BCUT2D eigenvalue weighted by Gasteiger charge is 2.17. The second kappa shape index (κ2) is 11.7. The maximum Gasteiger partial charge on any atom is 0.239 e. The molecule has 7 heteroatoms. The summed E-state index contributed by atoms with van der Waals surface area (Å²) < 4.78 is 4.84. The van der Waals surface area contributed by atoms with Crippen molar-refractivity contribution in [3.63, 3.8) is 0 Å². The quantitative estimate of drug-likeness (QED) is 0.755. The van der Waals surface area contributed by atoms with Crippen LogP contribution in [-0.2, 0) is 9.53 Å². The summed E-state index contributed by atoms with van der Waals surface area (Å²) in [6.07, 6.45) is 3.52. The Bertz CT molecular complexity index is 237. The standard InChI is InChI=1S/C12H25N3O2.2ClH/c1-15-7-4-10(5-8-15)3-6-14-12(16)11(13)9-17-2;;/h10-11H,3-9,13H2,1-2H3,(H,14,16);2*1H. The number of halogens is 2. The van der Waals surface area contributed by atoms with Crippen molar-refractivity contribution in [2.24, 2.45) is 11.7 Å². The average molecular weight is 316 g/mol. The first-order valence-corrected chi connectivity index (χ1v) is 6.34. The third-order valence-corrected chi connectivity index (χ3v) is 3.37. The lowest BCUT2D eigenvalue weighted by Crippen LogP contribution is -2.44. The van der Waals surface area contributed by atoms with Gasteiger partial charge in [0, 0.05) is 13.7 Å². The number of nitrogens with two attached hydrogens (primary N) is 1. The monoisotopic (exact) mass is 315 g/mol. The fraction of sp³-hybridized carbons (Fsp3) is 0.917. The molecule has 19 heavy (non-hydrogen) atoms. The van der Waals surface area contributed by atoms with Crippen LogP contribution in [0.3, 0.4) is 0 Å². The maximum atomic E-state index is 11.5. The molecule has 3 N–H and O–H groups in total. The van der Waals surface area contributed by atoms with E-state index in [2.05, 4.69) is 17.3 Å². The van der Waals surface area contributed by atoms with E-state index in [-0.39, 0.29) is 37.3 Å². The van der Waals surface area contributed by atoms with Gasteiger partial charge >= 0.3 is 0 Å². The number of methoxy groups -OCH3 is 1. The Hall–Kier alpha value is -0.0700. The van der Waals surface area contributed by atoms with E-state index in [1.54, 1.807) is 7.11 Å². The van der Waals surface area contributed by atoms with Gasteiger partial charge in [0.15, 0.2) is 0 Å². The molecule has 116 valence electrons. The van der Waals surface area contributed by atoms with E-state index in [1.165, 1.54) is 25.9 Å². The SMILES string of the molecule is COCC(N)C(=O)NCCC1CCN(C)CC1.Cl.Cl. The number of hydrogen-bond donors (Lipinski definition) is 2. The number of amides is 1. The van der Waals surface area contributed by atoms with Gasteiger partial charge in [-0.05, 0) is 45.3 Å². The predicted molar refractivity (Wildman–Crippen MR) is 82.2 cm³/mol. The van der Waals surface area contributed by atoms with E-state index >= 15 is 0 Å². The normalized spacial score (nSPS) is 18.1. The Balaban J connectivity index is 0. The molecule has 0 aliphatic carbocycles. The molecule has 0 aromatic heterocycles. The summed E-state index contributed by atoms with van der Waals surface area (Å²) in [5.41, 5.74) is 5.62. The second-order valence-corrected chi connectivity index (χ2v) is 4.89. The summed E-state index contributed by atoms with van der Waals surface area (Å²) in [5, 5.41) is 2.87. The number of carbonyl (C=O) groups is 1. The molecule has 1 heterocycles. The zero-order valence-corrected chi connectivity index (χ0v) is 13.4. The first-order valence-electron chi connectivity index (χ1n) is 6.34. The predicted octanol–water partition coefficient (Wildman–Crippen LogP) is 0.652. The van der Waals surface area contributed by atoms with Crippen molar-refractivity contribution in [1.29, 1.82) is 0 Å². The van der Waals surface area contributed by atoms with Crippen molar-refractivity contribution >= 4 is 30.7 Å². The van der Waals surface area contributed by atoms with Crippen molar-refractivity contribution in [1.82, 2.24) is 10.2 Å². The minimum absolute atomic E-state index is 0. The first-order chi connectivity index (χ1) is 8.13. The summed E-state index contributed by atoms with van der Waals surface area (Å²) in [4.78, 5) is 13.9. The Labute approximate surface area is 128 Å². The topological polar surface area (TPSA) is 67.6 Å². The molecule has 1 aliphatic rings. The van der Waals surface area contributed by atoms with Crippen LogP contribution in [-0.4, -0.2) is 57.2 Å². The molecule has 0 saturated carbocycles. The van der Waals surface area contributed by atoms with Crippen LogP contribution in [0.15, 0.2) is 0 Å². The lowest BCUT2D eigenvalue weighted by atomic mass is 9.94. The molecule has 0 bridgehead atoms. The van der Waals surface area contributed by atoms with E-state index in [0.717, 1.165) is 18.9 Å². The van der Waals surface area contributed by atoms with Crippen molar-refractivity contribution in [3.8, 4) is 0 Å². The van der Waals surface area contributed by atoms with Gasteiger partial charge in [0.05, 0.1) is 6.61 Å². The van der Waals surface area contributed by atoms with E-state index < -0.39 is 6.04 Å². The van der Waals surface area contributed by atoms with Crippen LogP contribution in [0.2, 0.25) is 0 Å². The van der Waals surface area contributed by atoms with E-state index in [9.17, 15) is 4.79 Å². The fourth-order valence-electron chi connectivity index (χ4n) is 2.14. The molecule has 0 aromatic carbocycles. The molecule has 1 atom stereocenters. The molecular weight excluding hydrogens is 289 g/mol. The molecule has 1 fully saturated rings. The second-order valence-electron chi connectivity index (χ2n) is 4.89. The van der Waals surface area contributed by atoms with Crippen LogP contribution < -0.4 is 11.1 Å². The molecule has 1 aliphatic heterocycles. The van der Waals surface area contributed by atoms with E-state index in [0.29, 0.717) is 0 Å². The van der Waals surface area contributed by atoms with Crippen LogP contribution in [0.1, 0.15) is 19.3 Å². The zero-order valence-electron chi connectivity index (χ0n) is 11.8. The van der Waals surface area contributed by atoms with Crippen molar-refractivity contribution < 1.29 is 9.53 Å². The number of nitrogens with zero attached hydrogens (tertiary/aromatic N) is 1. The largest absolute Gasteiger partial charge is 0.383 e. The van der Waals surface area contributed by atoms with Crippen molar-refractivity contribution in [2.45, 2.75) is 25.3 Å². The number of likely N-dealkylation sites (tertiary alicyclic amines) is 1. The van der Waals surface area contributed by atoms with Crippen molar-refractivity contribution in [2.75, 3.05) is 40.4 Å². The van der Waals surface area contributed by atoms with Crippen molar-refractivity contribution in [3.05, 3.63) is 0 Å². The third-order valence-electron chi connectivity index (χ3n) is 3.37. The van der Waals surface area contributed by atoms with Crippen LogP contribution in [0.25, 0.3) is 0 Å². The molecule has 1 saturated heterocycles. The highest BCUT2D eigenvalue weighted by Crippen LogP contribution is 2.18. The van der Waals surface area contributed by atoms with Gasteiger partial charge in [0.2, 0.25) is 5.91 Å². The number of piperidine rings is 1. The van der Waals surface area contributed by atoms with Gasteiger partial charge in [-0.2, -0.15) is 0 Å². The van der Waals surface area contributed by atoms with Gasteiger partial charge in [0.25, 0.3) is 0 Å². The van der Waals surface area contributed by atoms with Gasteiger partial charge in [-0.15, -0.1) is 24.8 Å². The highest BCUT2D eigenvalue weighted by atomic mass is 35.5.